The first-order valence-electron chi connectivity index (χ1n) is 9.14. The van der Waals surface area contributed by atoms with E-state index < -0.39 is 0 Å². The summed E-state index contributed by atoms with van der Waals surface area (Å²) in [5.74, 6) is 0.867. The van der Waals surface area contributed by atoms with Crippen LogP contribution in [-0.2, 0) is 9.47 Å². The molecule has 3 fully saturated rings. The van der Waals surface area contributed by atoms with Gasteiger partial charge in [0.1, 0.15) is 12.6 Å². The Morgan fingerprint density at radius 3 is 2.73 bits per heavy atom. The number of hydrogen-bond donors (Lipinski definition) is 2. The third kappa shape index (κ3) is 2.95. The van der Waals surface area contributed by atoms with Crippen molar-refractivity contribution < 1.29 is 19.9 Å². The third-order valence-electron chi connectivity index (χ3n) is 7.19. The summed E-state index contributed by atoms with van der Waals surface area (Å²) in [4.78, 5) is 0. The predicted octanol–water partition coefficient (Wildman–Crippen LogP) is 1.32. The second-order valence-electron chi connectivity index (χ2n) is 8.51. The van der Waals surface area contributed by atoms with Crippen LogP contribution in [0.15, 0.2) is 0 Å². The van der Waals surface area contributed by atoms with Crippen LogP contribution < -0.4 is 5.32 Å². The van der Waals surface area contributed by atoms with E-state index in [2.05, 4.69) is 26.1 Å². The molecule has 2 saturated carbocycles. The highest BCUT2D eigenvalue weighted by Gasteiger charge is 2.63. The Morgan fingerprint density at radius 1 is 1.32 bits per heavy atom. The fourth-order valence-electron chi connectivity index (χ4n) is 5.12. The monoisotopic (exact) mass is 312 g/mol. The summed E-state index contributed by atoms with van der Waals surface area (Å²) in [5.41, 5.74) is 0.880. The van der Waals surface area contributed by atoms with E-state index >= 15 is 0 Å². The molecule has 3 N–H and O–H groups in total. The van der Waals surface area contributed by atoms with Crippen molar-refractivity contribution in [3.63, 3.8) is 0 Å². The number of aliphatic hydroxyl groups is 1. The van der Waals surface area contributed by atoms with Gasteiger partial charge < -0.3 is 19.9 Å². The highest BCUT2D eigenvalue weighted by atomic mass is 16.5. The van der Waals surface area contributed by atoms with Crippen molar-refractivity contribution in [2.75, 3.05) is 26.4 Å². The molecule has 0 spiro atoms. The average molecular weight is 312 g/mol. The van der Waals surface area contributed by atoms with Gasteiger partial charge in [-0.3, -0.25) is 0 Å². The molecule has 22 heavy (non-hydrogen) atoms. The SMILES string of the molecule is CC1(C)[C@@H]2CC[C@]1(C)[C@H]([NH2+]C[C@H](O)COC[C@H]1CCCO1)C2. The van der Waals surface area contributed by atoms with Crippen molar-refractivity contribution in [2.45, 2.75) is 71.1 Å². The van der Waals surface area contributed by atoms with Gasteiger partial charge in [-0.15, -0.1) is 0 Å². The second kappa shape index (κ2) is 6.39. The van der Waals surface area contributed by atoms with Crippen molar-refractivity contribution in [1.29, 1.82) is 0 Å². The number of nitrogens with two attached hydrogens (primary N) is 1. The molecule has 0 unspecified atom stereocenters. The van der Waals surface area contributed by atoms with Crippen molar-refractivity contribution in [3.8, 4) is 0 Å². The van der Waals surface area contributed by atoms with Gasteiger partial charge in [0.2, 0.25) is 0 Å². The minimum absolute atomic E-state index is 0.251. The molecule has 1 aliphatic heterocycles. The molecule has 0 aromatic heterocycles. The predicted molar refractivity (Wildman–Crippen MR) is 85.6 cm³/mol. The fraction of sp³-hybridized carbons (Fsp3) is 1.00. The standard InChI is InChI=1S/C18H33NO3/c1-17(2)13-6-7-18(17,3)16(9-13)19-10-14(20)11-21-12-15-5-4-8-22-15/h13-16,19-20H,4-12H2,1-3H3/p+1/t13-,14+,15-,16-,18-/m1/s1. The maximum Gasteiger partial charge on any atom is 0.126 e. The Bertz CT molecular complexity index is 381. The van der Waals surface area contributed by atoms with Crippen LogP contribution in [0.5, 0.6) is 0 Å². The molecule has 4 nitrogen and oxygen atoms in total. The quantitative estimate of drug-likeness (QED) is 0.745. The number of ether oxygens (including phenoxy) is 2. The molecule has 5 atom stereocenters. The van der Waals surface area contributed by atoms with E-state index in [1.807, 2.05) is 0 Å². The molecule has 1 heterocycles. The maximum atomic E-state index is 10.2. The van der Waals surface area contributed by atoms with E-state index in [4.69, 9.17) is 9.47 Å². The Morgan fingerprint density at radius 2 is 2.14 bits per heavy atom. The van der Waals surface area contributed by atoms with Gasteiger partial charge in [0.15, 0.2) is 0 Å². The second-order valence-corrected chi connectivity index (χ2v) is 8.51. The molecule has 0 amide bonds. The average Bonchev–Trinajstić information content (AvgIpc) is 3.10. The summed E-state index contributed by atoms with van der Waals surface area (Å²) in [6, 6.07) is 0.661. The lowest BCUT2D eigenvalue weighted by Crippen LogP contribution is -2.94. The fourth-order valence-corrected chi connectivity index (χ4v) is 5.12. The molecule has 0 aromatic rings. The number of quaternary nitrogens is 1. The zero-order valence-electron chi connectivity index (χ0n) is 14.5. The van der Waals surface area contributed by atoms with Crippen LogP contribution in [-0.4, -0.2) is 49.7 Å². The topological polar surface area (TPSA) is 55.3 Å². The molecular formula is C18H34NO3+. The molecule has 128 valence electrons. The minimum Gasteiger partial charge on any atom is -0.385 e. The maximum absolute atomic E-state index is 10.2. The van der Waals surface area contributed by atoms with E-state index in [0.29, 0.717) is 30.1 Å². The summed E-state index contributed by atoms with van der Waals surface area (Å²) in [6.45, 7) is 10.0. The smallest absolute Gasteiger partial charge is 0.126 e. The molecule has 2 aliphatic carbocycles. The van der Waals surface area contributed by atoms with Gasteiger partial charge in [-0.1, -0.05) is 20.8 Å². The van der Waals surface area contributed by atoms with Gasteiger partial charge in [-0.2, -0.15) is 0 Å². The summed E-state index contributed by atoms with van der Waals surface area (Å²) < 4.78 is 11.2. The van der Waals surface area contributed by atoms with Crippen LogP contribution in [0.1, 0.15) is 52.9 Å². The van der Waals surface area contributed by atoms with E-state index in [0.717, 1.165) is 31.9 Å². The molecule has 3 aliphatic rings. The molecule has 0 aromatic carbocycles. The first kappa shape index (κ1) is 16.7. The lowest BCUT2D eigenvalue weighted by Gasteiger charge is -2.37. The number of aliphatic hydroxyl groups excluding tert-OH is 1. The third-order valence-corrected chi connectivity index (χ3v) is 7.19. The van der Waals surface area contributed by atoms with Crippen molar-refractivity contribution >= 4 is 0 Å². The minimum atomic E-state index is -0.368. The molecular weight excluding hydrogens is 278 g/mol. The van der Waals surface area contributed by atoms with Crippen molar-refractivity contribution in [3.05, 3.63) is 0 Å². The summed E-state index contributed by atoms with van der Waals surface area (Å²) >= 11 is 0. The van der Waals surface area contributed by atoms with Crippen LogP contribution in [0.4, 0.5) is 0 Å². The molecule has 0 radical (unpaired) electrons. The van der Waals surface area contributed by atoms with Crippen LogP contribution in [0, 0.1) is 16.7 Å². The Kier molecular flexibility index (Phi) is 4.84. The van der Waals surface area contributed by atoms with Gasteiger partial charge >= 0.3 is 0 Å². The first-order chi connectivity index (χ1) is 10.4. The van der Waals surface area contributed by atoms with Gasteiger partial charge in [-0.05, 0) is 37.0 Å². The zero-order chi connectivity index (χ0) is 15.8. The van der Waals surface area contributed by atoms with Gasteiger partial charge in [0.25, 0.3) is 0 Å². The number of fused-ring (bicyclic) bond motifs is 2. The number of hydrogen-bond acceptors (Lipinski definition) is 3. The van der Waals surface area contributed by atoms with E-state index in [1.165, 1.54) is 19.3 Å². The Balaban J connectivity index is 1.37. The van der Waals surface area contributed by atoms with Crippen molar-refractivity contribution in [1.82, 2.24) is 0 Å². The molecule has 1 saturated heterocycles. The van der Waals surface area contributed by atoms with Crippen molar-refractivity contribution in [2.24, 2.45) is 16.7 Å². The van der Waals surface area contributed by atoms with Crippen LogP contribution >= 0.6 is 0 Å². The first-order valence-corrected chi connectivity index (χ1v) is 9.14. The lowest BCUT2D eigenvalue weighted by molar-refractivity contribution is -0.707. The van der Waals surface area contributed by atoms with Crippen LogP contribution in [0.3, 0.4) is 0 Å². The zero-order valence-corrected chi connectivity index (χ0v) is 14.5. The molecule has 4 heteroatoms. The van der Waals surface area contributed by atoms with E-state index in [-0.39, 0.29) is 12.2 Å². The summed E-state index contributed by atoms with van der Waals surface area (Å²) in [5, 5.41) is 12.6. The summed E-state index contributed by atoms with van der Waals surface area (Å²) in [6.07, 6.45) is 6.17. The van der Waals surface area contributed by atoms with Gasteiger partial charge in [0, 0.05) is 18.4 Å². The largest absolute Gasteiger partial charge is 0.385 e. The molecule has 2 bridgehead atoms. The highest BCUT2D eigenvalue weighted by Crippen LogP contribution is 2.64. The van der Waals surface area contributed by atoms with Crippen LogP contribution in [0.2, 0.25) is 0 Å². The lowest BCUT2D eigenvalue weighted by atomic mass is 9.69. The number of rotatable bonds is 7. The molecule has 3 rings (SSSR count). The summed E-state index contributed by atoms with van der Waals surface area (Å²) in [7, 11) is 0. The van der Waals surface area contributed by atoms with Gasteiger partial charge in [0.05, 0.1) is 25.4 Å². The van der Waals surface area contributed by atoms with E-state index in [9.17, 15) is 5.11 Å². The Labute approximate surface area is 134 Å². The Hall–Kier alpha value is -0.160. The van der Waals surface area contributed by atoms with Crippen LogP contribution in [0.25, 0.3) is 0 Å². The van der Waals surface area contributed by atoms with E-state index in [1.54, 1.807) is 0 Å². The van der Waals surface area contributed by atoms with Gasteiger partial charge in [-0.25, -0.2) is 0 Å². The normalized spacial score (nSPS) is 41.2. The highest BCUT2D eigenvalue weighted by molar-refractivity contribution is 5.10.